The molecule has 0 aliphatic heterocycles. The summed E-state index contributed by atoms with van der Waals surface area (Å²) in [6.07, 6.45) is 0. The summed E-state index contributed by atoms with van der Waals surface area (Å²) < 4.78 is 9.58. The Labute approximate surface area is 604 Å². The molecule has 19 aromatic rings. The highest BCUT2D eigenvalue weighted by Gasteiger charge is 2.31. The molecule has 0 radical (unpaired) electrons. The number of benzene rings is 14. The first-order valence-corrected chi connectivity index (χ1v) is 35.9. The lowest BCUT2D eigenvalue weighted by Gasteiger charge is -2.26. The molecule has 5 heterocycles. The molecule has 19 rings (SSSR count). The van der Waals surface area contributed by atoms with Crippen molar-refractivity contribution in [2.24, 2.45) is 0 Å². The van der Waals surface area contributed by atoms with Gasteiger partial charge >= 0.3 is 0 Å². The summed E-state index contributed by atoms with van der Waals surface area (Å²) in [5.74, 6) is 0. The summed E-state index contributed by atoms with van der Waals surface area (Å²) in [4.78, 5) is 5.83. The quantitative estimate of drug-likeness (QED) is 0.137. The molecule has 0 bridgehead atoms. The summed E-state index contributed by atoms with van der Waals surface area (Å²) in [7, 11) is 0. The largest absolute Gasteiger partial charge is 0.309 e. The lowest BCUT2D eigenvalue weighted by molar-refractivity contribution is 1.18. The van der Waals surface area contributed by atoms with Crippen LogP contribution in [0.2, 0.25) is 0 Å². The van der Waals surface area contributed by atoms with E-state index in [4.69, 9.17) is 4.98 Å². The van der Waals surface area contributed by atoms with E-state index < -0.39 is 0 Å². The van der Waals surface area contributed by atoms with Crippen LogP contribution < -0.4 is 0 Å². The molecular weight excluding hydrogens is 1260 g/mol. The van der Waals surface area contributed by atoms with Gasteiger partial charge in [-0.05, 0) is 235 Å². The highest BCUT2D eigenvalue weighted by molar-refractivity contribution is 6.15. The summed E-state index contributed by atoms with van der Waals surface area (Å²) in [6, 6.07) is 110. The minimum absolute atomic E-state index is 0.554. The van der Waals surface area contributed by atoms with E-state index in [1.807, 2.05) is 0 Å². The molecule has 0 spiro atoms. The summed E-state index contributed by atoms with van der Waals surface area (Å²) in [6.45, 7) is 17.4. The van der Waals surface area contributed by atoms with Gasteiger partial charge in [-0.25, -0.2) is 4.98 Å². The fourth-order valence-electron chi connectivity index (χ4n) is 16.8. The van der Waals surface area contributed by atoms with Crippen molar-refractivity contribution in [2.75, 3.05) is 0 Å². The molecule has 0 aliphatic carbocycles. The first-order chi connectivity index (χ1) is 50.8. The lowest BCUT2D eigenvalue weighted by Crippen LogP contribution is -2.04. The molecule has 0 amide bonds. The molecule has 14 aromatic carbocycles. The van der Waals surface area contributed by atoms with Crippen LogP contribution in [-0.2, 0) is 0 Å². The van der Waals surface area contributed by atoms with Gasteiger partial charge < -0.3 is 18.3 Å². The topological polar surface area (TPSA) is 56.4 Å². The first kappa shape index (κ1) is 62.0. The molecule has 6 nitrogen and oxygen atoms in total. The van der Waals surface area contributed by atoms with E-state index in [-0.39, 0.29) is 0 Å². The lowest BCUT2D eigenvalue weighted by atomic mass is 9.76. The second kappa shape index (κ2) is 24.1. The van der Waals surface area contributed by atoms with Crippen LogP contribution in [0.15, 0.2) is 291 Å². The second-order valence-corrected chi connectivity index (χ2v) is 28.8. The maximum Gasteiger partial charge on any atom is 0.100 e. The normalized spacial score (nSPS) is 11.8. The van der Waals surface area contributed by atoms with Crippen molar-refractivity contribution in [3.63, 3.8) is 0 Å². The van der Waals surface area contributed by atoms with E-state index >= 15 is 0 Å². The first-order valence-electron chi connectivity index (χ1n) is 35.9. The van der Waals surface area contributed by atoms with Gasteiger partial charge in [0.1, 0.15) is 6.07 Å². The minimum atomic E-state index is 0.554. The smallest absolute Gasteiger partial charge is 0.100 e. The molecule has 0 unspecified atom stereocenters. The van der Waals surface area contributed by atoms with Gasteiger partial charge in [0.2, 0.25) is 0 Å². The number of pyridine rings is 1. The molecule has 494 valence electrons. The zero-order valence-electron chi connectivity index (χ0n) is 59.4. The van der Waals surface area contributed by atoms with Gasteiger partial charge in [0.15, 0.2) is 0 Å². The van der Waals surface area contributed by atoms with Gasteiger partial charge in [0, 0.05) is 99.2 Å². The van der Waals surface area contributed by atoms with Crippen molar-refractivity contribution in [1.82, 2.24) is 23.3 Å². The number of hydrogen-bond donors (Lipinski definition) is 0. The maximum atomic E-state index is 12.8. The van der Waals surface area contributed by atoms with E-state index in [9.17, 15) is 5.26 Å². The van der Waals surface area contributed by atoms with E-state index in [0.717, 1.165) is 134 Å². The van der Waals surface area contributed by atoms with Gasteiger partial charge in [0.05, 0.1) is 61.1 Å². The molecule has 0 N–H and O–H groups in total. The van der Waals surface area contributed by atoms with Gasteiger partial charge in [-0.1, -0.05) is 178 Å². The highest BCUT2D eigenvalue weighted by Crippen LogP contribution is 2.54. The molecule has 6 heteroatoms. The Kier molecular flexibility index (Phi) is 14.3. The summed E-state index contributed by atoms with van der Waals surface area (Å²) in [5, 5.41) is 22.6. The fourth-order valence-corrected chi connectivity index (χ4v) is 16.8. The van der Waals surface area contributed by atoms with Gasteiger partial charge in [-0.15, -0.1) is 0 Å². The molecular formula is C98H72N6. The van der Waals surface area contributed by atoms with E-state index in [0.29, 0.717) is 5.56 Å². The minimum Gasteiger partial charge on any atom is -0.309 e. The number of fused-ring (bicyclic) bond motifs is 12. The van der Waals surface area contributed by atoms with Crippen LogP contribution in [0.5, 0.6) is 0 Å². The SMILES string of the molecule is Cc1ccc2c(c1)c1cc(C)ccc1n2-c1ccc(-c2c(C#N)c(-c3ccc(-n4c5ccc(C)cc5c5cc(C)ccc54)cc3)c(-c3ccc(-n4c5ccc(C)cc5c5cc(C)ccc54)cc3)c(-c3cccc(-c4ccccc4)n3)c2-c2ccc(-n3c4ccc(C)cc4c4cc(C)ccc43)cc2)cc1. The highest BCUT2D eigenvalue weighted by atomic mass is 15.0. The van der Waals surface area contributed by atoms with Gasteiger partial charge in [-0.2, -0.15) is 5.26 Å². The molecule has 0 fully saturated rings. The number of aryl methyl sites for hydroxylation is 8. The molecule has 0 saturated heterocycles. The molecule has 0 atom stereocenters. The average molecular weight is 1330 g/mol. The van der Waals surface area contributed by atoms with Crippen molar-refractivity contribution in [3.8, 4) is 95.8 Å². The Hall–Kier alpha value is -13.1. The van der Waals surface area contributed by atoms with Crippen molar-refractivity contribution in [3.05, 3.63) is 341 Å². The van der Waals surface area contributed by atoms with E-state index in [1.165, 1.54) is 87.6 Å². The van der Waals surface area contributed by atoms with Crippen molar-refractivity contribution in [2.45, 2.75) is 55.4 Å². The second-order valence-electron chi connectivity index (χ2n) is 28.8. The van der Waals surface area contributed by atoms with Crippen molar-refractivity contribution >= 4 is 87.2 Å². The van der Waals surface area contributed by atoms with Crippen LogP contribution >= 0.6 is 0 Å². The Morgan fingerprint density at radius 1 is 0.221 bits per heavy atom. The molecule has 104 heavy (non-hydrogen) atoms. The average Bonchev–Trinajstić information content (AvgIpc) is 0.970. The molecule has 0 saturated carbocycles. The third-order valence-electron chi connectivity index (χ3n) is 21.6. The maximum absolute atomic E-state index is 12.8. The number of rotatable bonds is 10. The molecule has 5 aromatic heterocycles. The van der Waals surface area contributed by atoms with Crippen LogP contribution in [0.4, 0.5) is 0 Å². The number of hydrogen-bond acceptors (Lipinski definition) is 2. The van der Waals surface area contributed by atoms with Crippen LogP contribution in [-0.4, -0.2) is 23.3 Å². The Bertz CT molecular complexity index is 6220. The number of aromatic nitrogens is 5. The van der Waals surface area contributed by atoms with E-state index in [2.05, 4.69) is 371 Å². The zero-order chi connectivity index (χ0) is 70.3. The van der Waals surface area contributed by atoms with Crippen molar-refractivity contribution in [1.29, 1.82) is 5.26 Å². The third-order valence-corrected chi connectivity index (χ3v) is 21.6. The van der Waals surface area contributed by atoms with Crippen LogP contribution in [0, 0.1) is 66.7 Å². The molecule has 0 aliphatic rings. The van der Waals surface area contributed by atoms with Crippen LogP contribution in [0.3, 0.4) is 0 Å². The standard InChI is InChI=1S/C98H72N6/c1-58-17-41-86-75(49-58)76-50-59(2)18-42-87(76)101(86)71-33-25-67(26-34-71)94-83(57-99)95(68-27-35-72(36-28-68)102-88-43-19-60(3)51-77(88)78-52-61(4)20-44-89(78)102)97(70-31-39-74(40-32-70)104-92-47-23-64(7)55-81(92)82-56-65(8)24-48-93(82)104)98(85-16-12-15-84(100-85)66-13-10-9-11-14-66)96(94)69-29-37-73(38-30-69)103-90-45-21-62(5)53-79(90)80-54-63(6)22-46-91(80)103/h9-56H,1-8H3. The predicted octanol–water partition coefficient (Wildman–Crippen LogP) is 25.8. The Morgan fingerprint density at radius 2 is 0.462 bits per heavy atom. The van der Waals surface area contributed by atoms with Crippen molar-refractivity contribution < 1.29 is 0 Å². The van der Waals surface area contributed by atoms with Gasteiger partial charge in [0.25, 0.3) is 0 Å². The van der Waals surface area contributed by atoms with E-state index in [1.54, 1.807) is 0 Å². The summed E-state index contributed by atoms with van der Waals surface area (Å²) >= 11 is 0. The number of nitriles is 1. The summed E-state index contributed by atoms with van der Waals surface area (Å²) in [5.41, 5.74) is 34.2. The van der Waals surface area contributed by atoms with Crippen LogP contribution in [0.25, 0.3) is 177 Å². The zero-order valence-corrected chi connectivity index (χ0v) is 59.4. The fraction of sp³-hybridized carbons (Fsp3) is 0.0816. The Morgan fingerprint density at radius 3 is 0.712 bits per heavy atom. The predicted molar refractivity (Wildman–Crippen MR) is 437 cm³/mol. The third kappa shape index (κ3) is 9.94. The Balaban J connectivity index is 0.924. The monoisotopic (exact) mass is 1330 g/mol. The van der Waals surface area contributed by atoms with Crippen LogP contribution in [0.1, 0.15) is 50.1 Å². The number of nitrogens with zero attached hydrogens (tertiary/aromatic N) is 6. The van der Waals surface area contributed by atoms with Gasteiger partial charge in [-0.3, -0.25) is 0 Å².